The summed E-state index contributed by atoms with van der Waals surface area (Å²) in [4.78, 5) is 24.2. The first kappa shape index (κ1) is 14.0. The fourth-order valence-electron chi connectivity index (χ4n) is 1.96. The van der Waals surface area contributed by atoms with Gasteiger partial charge < -0.3 is 10.0 Å². The van der Waals surface area contributed by atoms with E-state index >= 15 is 0 Å². The second-order valence-electron chi connectivity index (χ2n) is 4.64. The predicted octanol–water partition coefficient (Wildman–Crippen LogP) is 0.905. The number of carbonyl (C=O) groups excluding carboxylic acids is 1. The van der Waals surface area contributed by atoms with Crippen LogP contribution in [0.5, 0.6) is 0 Å². The van der Waals surface area contributed by atoms with Crippen LogP contribution in [-0.4, -0.2) is 50.5 Å². The number of hydrogen-bond acceptors (Lipinski definition) is 4. The third-order valence-corrected chi connectivity index (χ3v) is 3.09. The van der Waals surface area contributed by atoms with Gasteiger partial charge in [-0.25, -0.2) is 4.68 Å². The summed E-state index contributed by atoms with van der Waals surface area (Å²) in [5.74, 6) is -1.00. The van der Waals surface area contributed by atoms with Crippen LogP contribution in [0, 0.1) is 0 Å². The van der Waals surface area contributed by atoms with Crippen LogP contribution >= 0.6 is 0 Å². The number of aliphatic carboxylic acids is 1. The van der Waals surface area contributed by atoms with Gasteiger partial charge >= 0.3 is 5.97 Å². The van der Waals surface area contributed by atoms with Crippen LogP contribution in [0.4, 0.5) is 0 Å². The maximum Gasteiger partial charge on any atom is 0.303 e. The molecule has 0 aliphatic heterocycles. The van der Waals surface area contributed by atoms with Gasteiger partial charge in [-0.05, 0) is 24.6 Å². The van der Waals surface area contributed by atoms with Crippen LogP contribution in [0.2, 0.25) is 0 Å². The van der Waals surface area contributed by atoms with Crippen LogP contribution in [0.15, 0.2) is 18.2 Å². The van der Waals surface area contributed by atoms with Crippen molar-refractivity contribution >= 4 is 22.9 Å². The number of rotatable bonds is 5. The minimum Gasteiger partial charge on any atom is -0.481 e. The Kier molecular flexibility index (Phi) is 3.97. The molecule has 2 aromatic rings. The van der Waals surface area contributed by atoms with E-state index in [0.29, 0.717) is 24.0 Å². The van der Waals surface area contributed by atoms with Crippen LogP contribution < -0.4 is 0 Å². The number of benzene rings is 1. The summed E-state index contributed by atoms with van der Waals surface area (Å²) >= 11 is 0. The van der Waals surface area contributed by atoms with E-state index in [1.807, 2.05) is 0 Å². The second kappa shape index (κ2) is 5.68. The lowest BCUT2D eigenvalue weighted by atomic mass is 10.1. The summed E-state index contributed by atoms with van der Waals surface area (Å²) in [6.07, 6.45) is 0.492. The molecule has 1 amide bonds. The number of fused-ring (bicyclic) bond motifs is 1. The molecule has 0 saturated carbocycles. The maximum atomic E-state index is 12.2. The lowest BCUT2D eigenvalue weighted by Gasteiger charge is -2.16. The van der Waals surface area contributed by atoms with Crippen LogP contribution in [0.25, 0.3) is 11.0 Å². The third-order valence-electron chi connectivity index (χ3n) is 3.09. The first-order valence-electron chi connectivity index (χ1n) is 6.25. The molecule has 1 heterocycles. The zero-order valence-electron chi connectivity index (χ0n) is 11.4. The molecular formula is C13H16N4O3. The van der Waals surface area contributed by atoms with Crippen molar-refractivity contribution in [3.05, 3.63) is 23.8 Å². The molecule has 1 N–H and O–H groups in total. The van der Waals surface area contributed by atoms with Gasteiger partial charge in [-0.15, -0.1) is 5.10 Å². The molecule has 20 heavy (non-hydrogen) atoms. The van der Waals surface area contributed by atoms with E-state index in [0.717, 1.165) is 5.52 Å². The van der Waals surface area contributed by atoms with Gasteiger partial charge in [-0.2, -0.15) is 0 Å². The van der Waals surface area contributed by atoms with Crippen molar-refractivity contribution in [1.82, 2.24) is 19.9 Å². The Hall–Kier alpha value is -2.44. The zero-order chi connectivity index (χ0) is 14.7. The van der Waals surface area contributed by atoms with Gasteiger partial charge in [0.05, 0.1) is 5.52 Å². The second-order valence-corrected chi connectivity index (χ2v) is 4.64. The third kappa shape index (κ3) is 2.93. The smallest absolute Gasteiger partial charge is 0.303 e. The van der Waals surface area contributed by atoms with E-state index in [-0.39, 0.29) is 12.3 Å². The monoisotopic (exact) mass is 276 g/mol. The fourth-order valence-corrected chi connectivity index (χ4v) is 1.96. The van der Waals surface area contributed by atoms with Gasteiger partial charge in [0, 0.05) is 32.6 Å². The van der Waals surface area contributed by atoms with E-state index < -0.39 is 5.97 Å². The molecule has 106 valence electrons. The van der Waals surface area contributed by atoms with Crippen LogP contribution in [0.1, 0.15) is 23.2 Å². The largest absolute Gasteiger partial charge is 0.481 e. The molecule has 0 spiro atoms. The Morgan fingerprint density at radius 1 is 1.40 bits per heavy atom. The van der Waals surface area contributed by atoms with Crippen molar-refractivity contribution in [3.8, 4) is 0 Å². The Labute approximate surface area is 115 Å². The number of carboxylic acid groups (broad SMARTS) is 1. The Morgan fingerprint density at radius 2 is 2.15 bits per heavy atom. The van der Waals surface area contributed by atoms with Gasteiger partial charge in [0.2, 0.25) is 0 Å². The summed E-state index contributed by atoms with van der Waals surface area (Å²) in [5, 5.41) is 16.4. The summed E-state index contributed by atoms with van der Waals surface area (Å²) < 4.78 is 1.64. The minimum atomic E-state index is -0.855. The number of amides is 1. The molecule has 0 atom stereocenters. The molecule has 1 aromatic heterocycles. The molecule has 2 rings (SSSR count). The Morgan fingerprint density at radius 3 is 2.85 bits per heavy atom. The normalized spacial score (nSPS) is 10.7. The molecule has 7 heteroatoms. The number of carboxylic acids is 1. The molecule has 0 aliphatic carbocycles. The van der Waals surface area contributed by atoms with Gasteiger partial charge in [0.15, 0.2) is 0 Å². The highest BCUT2D eigenvalue weighted by Crippen LogP contribution is 2.14. The minimum absolute atomic E-state index is 0.0564. The van der Waals surface area contributed by atoms with Crippen molar-refractivity contribution in [1.29, 1.82) is 0 Å². The van der Waals surface area contributed by atoms with Crippen molar-refractivity contribution in [3.63, 3.8) is 0 Å². The van der Waals surface area contributed by atoms with Crippen molar-refractivity contribution in [2.45, 2.75) is 12.8 Å². The maximum absolute atomic E-state index is 12.2. The van der Waals surface area contributed by atoms with E-state index in [2.05, 4.69) is 10.3 Å². The van der Waals surface area contributed by atoms with Gasteiger partial charge in [-0.1, -0.05) is 5.21 Å². The molecule has 0 radical (unpaired) electrons. The Bertz CT molecular complexity index is 650. The number of aryl methyl sites for hydroxylation is 1. The highest BCUT2D eigenvalue weighted by Gasteiger charge is 2.13. The topological polar surface area (TPSA) is 88.3 Å². The number of hydrogen-bond donors (Lipinski definition) is 1. The van der Waals surface area contributed by atoms with Gasteiger partial charge in [0.1, 0.15) is 5.52 Å². The standard InChI is InChI=1S/C13H16N4O3/c1-16(7-3-4-12(18)19)13(20)9-5-6-11-10(8-9)14-15-17(11)2/h5-6,8H,3-4,7H2,1-2H3,(H,18,19). The molecule has 1 aromatic carbocycles. The van der Waals surface area contributed by atoms with E-state index in [9.17, 15) is 9.59 Å². The van der Waals surface area contributed by atoms with E-state index in [4.69, 9.17) is 5.11 Å². The SMILES string of the molecule is CN(CCCC(=O)O)C(=O)c1ccc2c(c1)nnn2C. The average molecular weight is 276 g/mol. The van der Waals surface area contributed by atoms with Crippen molar-refractivity contribution in [2.75, 3.05) is 13.6 Å². The summed E-state index contributed by atoms with van der Waals surface area (Å²) in [6, 6.07) is 5.22. The van der Waals surface area contributed by atoms with E-state index in [1.54, 1.807) is 37.0 Å². The summed E-state index contributed by atoms with van der Waals surface area (Å²) in [6.45, 7) is 0.406. The quantitative estimate of drug-likeness (QED) is 0.876. The summed E-state index contributed by atoms with van der Waals surface area (Å²) in [7, 11) is 3.44. The molecule has 0 aliphatic rings. The molecule has 0 fully saturated rings. The Balaban J connectivity index is 2.08. The summed E-state index contributed by atoms with van der Waals surface area (Å²) in [5.41, 5.74) is 2.04. The highest BCUT2D eigenvalue weighted by atomic mass is 16.4. The zero-order valence-corrected chi connectivity index (χ0v) is 11.4. The average Bonchev–Trinajstić information content (AvgIpc) is 2.78. The molecule has 0 unspecified atom stereocenters. The van der Waals surface area contributed by atoms with Crippen molar-refractivity contribution in [2.24, 2.45) is 7.05 Å². The van der Waals surface area contributed by atoms with Gasteiger partial charge in [-0.3, -0.25) is 9.59 Å². The lowest BCUT2D eigenvalue weighted by molar-refractivity contribution is -0.137. The van der Waals surface area contributed by atoms with Crippen molar-refractivity contribution < 1.29 is 14.7 Å². The molecular weight excluding hydrogens is 260 g/mol. The number of aromatic nitrogens is 3. The number of nitrogens with zero attached hydrogens (tertiary/aromatic N) is 4. The van der Waals surface area contributed by atoms with Crippen LogP contribution in [0.3, 0.4) is 0 Å². The van der Waals surface area contributed by atoms with E-state index in [1.165, 1.54) is 4.90 Å². The number of carbonyl (C=O) groups is 2. The molecule has 7 nitrogen and oxygen atoms in total. The predicted molar refractivity (Wildman–Crippen MR) is 72.3 cm³/mol. The van der Waals surface area contributed by atoms with Gasteiger partial charge in [0.25, 0.3) is 5.91 Å². The first-order valence-corrected chi connectivity index (χ1v) is 6.25. The highest BCUT2D eigenvalue weighted by molar-refractivity contribution is 5.97. The van der Waals surface area contributed by atoms with Crippen LogP contribution in [-0.2, 0) is 11.8 Å². The fraction of sp³-hybridized carbons (Fsp3) is 0.385. The molecule has 0 saturated heterocycles. The first-order chi connectivity index (χ1) is 9.49. The molecule has 0 bridgehead atoms. The lowest BCUT2D eigenvalue weighted by Crippen LogP contribution is -2.28.